The molecular formula is C31H35N5O3. The van der Waals surface area contributed by atoms with Crippen LogP contribution in [-0.2, 0) is 16.1 Å². The lowest BCUT2D eigenvalue weighted by molar-refractivity contribution is -0.126. The van der Waals surface area contributed by atoms with E-state index in [0.717, 1.165) is 79.0 Å². The Hall–Kier alpha value is -3.91. The summed E-state index contributed by atoms with van der Waals surface area (Å²) in [6.45, 7) is 1.91. The molecule has 2 fully saturated rings. The van der Waals surface area contributed by atoms with E-state index in [1.807, 2.05) is 60.8 Å². The number of nitrogens with one attached hydrogen (secondary N) is 1. The third-order valence-electron chi connectivity index (χ3n) is 7.96. The number of fused-ring (bicyclic) bond motifs is 1. The lowest BCUT2D eigenvalue weighted by Gasteiger charge is -2.27. The molecule has 4 aromatic rings. The predicted octanol–water partition coefficient (Wildman–Crippen LogP) is 5.13. The van der Waals surface area contributed by atoms with E-state index in [1.165, 1.54) is 0 Å². The monoisotopic (exact) mass is 525 g/mol. The Morgan fingerprint density at radius 1 is 1.08 bits per heavy atom. The molecule has 2 aromatic carbocycles. The number of imidazole rings is 1. The van der Waals surface area contributed by atoms with E-state index in [2.05, 4.69) is 14.7 Å². The maximum Gasteiger partial charge on any atom is 0.223 e. The first-order valence-electron chi connectivity index (χ1n) is 13.9. The molecule has 8 heteroatoms. The molecule has 1 amide bonds. The molecule has 0 bridgehead atoms. The van der Waals surface area contributed by atoms with E-state index in [0.29, 0.717) is 19.0 Å². The molecule has 1 saturated heterocycles. The summed E-state index contributed by atoms with van der Waals surface area (Å²) in [5.74, 6) is 2.63. The summed E-state index contributed by atoms with van der Waals surface area (Å²) in [6, 6.07) is 18.1. The van der Waals surface area contributed by atoms with Gasteiger partial charge in [0.05, 0.1) is 6.10 Å². The van der Waals surface area contributed by atoms with E-state index in [4.69, 9.17) is 20.2 Å². The van der Waals surface area contributed by atoms with Crippen LogP contribution in [0.4, 0.5) is 5.82 Å². The zero-order valence-corrected chi connectivity index (χ0v) is 22.1. The summed E-state index contributed by atoms with van der Waals surface area (Å²) >= 11 is 0. The fourth-order valence-electron chi connectivity index (χ4n) is 5.83. The Labute approximate surface area is 228 Å². The van der Waals surface area contributed by atoms with Crippen molar-refractivity contribution in [1.29, 1.82) is 0 Å². The maximum absolute atomic E-state index is 12.8. The van der Waals surface area contributed by atoms with Crippen LogP contribution in [0.25, 0.3) is 16.8 Å². The number of ether oxygens (including phenoxy) is 2. The number of benzene rings is 2. The minimum Gasteiger partial charge on any atom is -0.489 e. The van der Waals surface area contributed by atoms with Crippen molar-refractivity contribution in [2.45, 2.75) is 57.2 Å². The molecule has 6 rings (SSSR count). The van der Waals surface area contributed by atoms with Gasteiger partial charge in [-0.1, -0.05) is 42.5 Å². The number of aromatic nitrogens is 3. The standard InChI is InChI=1S/C31H35N5O3/c32-29-28-27(24-8-4-9-25(18-24)39-20-21-6-2-1-3-7-21)35-30(36(28)16-15-33-29)22-11-13-23(14-12-22)31(37)34-19-26-10-5-17-38-26/h1-4,6-9,15-16,18,22-23,26H,5,10-14,17,19-20H2,(H2,32,33)(H,34,37). The van der Waals surface area contributed by atoms with Gasteiger partial charge in [0.1, 0.15) is 35.2 Å². The fraction of sp³-hybridized carbons (Fsp3) is 0.387. The van der Waals surface area contributed by atoms with Gasteiger partial charge >= 0.3 is 0 Å². The molecule has 1 saturated carbocycles. The zero-order chi connectivity index (χ0) is 26.6. The van der Waals surface area contributed by atoms with Gasteiger partial charge in [-0.25, -0.2) is 9.97 Å². The number of rotatable bonds is 8. The molecule has 1 aliphatic carbocycles. The normalized spacial score (nSPS) is 21.2. The van der Waals surface area contributed by atoms with Gasteiger partial charge in [-0.3, -0.25) is 9.20 Å². The molecule has 1 atom stereocenters. The number of carbonyl (C=O) groups excluding carboxylic acids is 1. The van der Waals surface area contributed by atoms with E-state index < -0.39 is 0 Å². The van der Waals surface area contributed by atoms with Crippen LogP contribution in [0.3, 0.4) is 0 Å². The Morgan fingerprint density at radius 2 is 1.92 bits per heavy atom. The van der Waals surface area contributed by atoms with Crippen LogP contribution in [-0.4, -0.2) is 39.5 Å². The summed E-state index contributed by atoms with van der Waals surface area (Å²) in [5, 5.41) is 3.12. The number of hydrogen-bond acceptors (Lipinski definition) is 6. The highest BCUT2D eigenvalue weighted by atomic mass is 16.5. The Morgan fingerprint density at radius 3 is 2.72 bits per heavy atom. The highest BCUT2D eigenvalue weighted by molar-refractivity contribution is 5.85. The maximum atomic E-state index is 12.8. The molecule has 202 valence electrons. The molecule has 1 unspecified atom stereocenters. The van der Waals surface area contributed by atoms with Gasteiger partial charge in [0.2, 0.25) is 5.91 Å². The molecule has 3 heterocycles. The lowest BCUT2D eigenvalue weighted by Crippen LogP contribution is -2.37. The number of amides is 1. The van der Waals surface area contributed by atoms with Crippen LogP contribution < -0.4 is 15.8 Å². The molecule has 1 aliphatic heterocycles. The summed E-state index contributed by atoms with van der Waals surface area (Å²) < 4.78 is 13.8. The van der Waals surface area contributed by atoms with Crippen LogP contribution in [0.2, 0.25) is 0 Å². The van der Waals surface area contributed by atoms with Crippen molar-refractivity contribution >= 4 is 17.2 Å². The second-order valence-electron chi connectivity index (χ2n) is 10.6. The molecule has 39 heavy (non-hydrogen) atoms. The molecule has 2 aromatic heterocycles. The Kier molecular flexibility index (Phi) is 7.45. The number of anilines is 1. The largest absolute Gasteiger partial charge is 0.489 e. The van der Waals surface area contributed by atoms with Crippen molar-refractivity contribution in [1.82, 2.24) is 19.7 Å². The first-order valence-corrected chi connectivity index (χ1v) is 13.9. The highest BCUT2D eigenvalue weighted by Crippen LogP contribution is 2.39. The first-order chi connectivity index (χ1) is 19.2. The summed E-state index contributed by atoms with van der Waals surface area (Å²) in [4.78, 5) is 22.3. The van der Waals surface area contributed by atoms with Crippen LogP contribution in [0.5, 0.6) is 5.75 Å². The van der Waals surface area contributed by atoms with Crippen molar-refractivity contribution in [3.8, 4) is 17.0 Å². The average molecular weight is 526 g/mol. The van der Waals surface area contributed by atoms with Gasteiger partial charge in [-0.05, 0) is 56.2 Å². The van der Waals surface area contributed by atoms with Gasteiger partial charge < -0.3 is 20.5 Å². The minimum atomic E-state index is 0.0403. The lowest BCUT2D eigenvalue weighted by atomic mass is 9.81. The van der Waals surface area contributed by atoms with Crippen molar-refractivity contribution in [2.75, 3.05) is 18.9 Å². The van der Waals surface area contributed by atoms with Gasteiger partial charge in [0.25, 0.3) is 0 Å². The fourth-order valence-corrected chi connectivity index (χ4v) is 5.83. The van der Waals surface area contributed by atoms with E-state index >= 15 is 0 Å². The molecule has 8 nitrogen and oxygen atoms in total. The second-order valence-corrected chi connectivity index (χ2v) is 10.6. The van der Waals surface area contributed by atoms with Gasteiger partial charge in [-0.2, -0.15) is 0 Å². The Balaban J connectivity index is 1.19. The van der Waals surface area contributed by atoms with Crippen molar-refractivity contribution in [3.63, 3.8) is 0 Å². The van der Waals surface area contributed by atoms with Gasteiger partial charge in [0.15, 0.2) is 0 Å². The number of hydrogen-bond donors (Lipinski definition) is 2. The number of carbonyl (C=O) groups is 1. The van der Waals surface area contributed by atoms with Crippen LogP contribution in [0, 0.1) is 5.92 Å². The van der Waals surface area contributed by atoms with Crippen LogP contribution >= 0.6 is 0 Å². The van der Waals surface area contributed by atoms with E-state index in [-0.39, 0.29) is 23.8 Å². The predicted molar refractivity (Wildman–Crippen MR) is 150 cm³/mol. The number of nitrogens with two attached hydrogens (primary N) is 1. The zero-order valence-electron chi connectivity index (χ0n) is 22.1. The van der Waals surface area contributed by atoms with Crippen LogP contribution in [0.1, 0.15) is 55.8 Å². The molecule has 0 radical (unpaired) electrons. The quantitative estimate of drug-likeness (QED) is 0.331. The third kappa shape index (κ3) is 5.61. The van der Waals surface area contributed by atoms with Crippen molar-refractivity contribution < 1.29 is 14.3 Å². The molecule has 0 spiro atoms. The number of nitrogens with zero attached hydrogens (tertiary/aromatic N) is 3. The third-order valence-corrected chi connectivity index (χ3v) is 7.96. The van der Waals surface area contributed by atoms with Crippen molar-refractivity contribution in [2.24, 2.45) is 5.92 Å². The topological polar surface area (TPSA) is 104 Å². The van der Waals surface area contributed by atoms with Gasteiger partial charge in [-0.15, -0.1) is 0 Å². The molecular weight excluding hydrogens is 490 g/mol. The second kappa shape index (κ2) is 11.5. The minimum absolute atomic E-state index is 0.0403. The van der Waals surface area contributed by atoms with E-state index in [1.54, 1.807) is 6.20 Å². The first kappa shape index (κ1) is 25.4. The average Bonchev–Trinajstić information content (AvgIpc) is 3.65. The summed E-state index contributed by atoms with van der Waals surface area (Å²) in [7, 11) is 0. The van der Waals surface area contributed by atoms with E-state index in [9.17, 15) is 4.79 Å². The number of nitrogen functional groups attached to an aromatic ring is 1. The van der Waals surface area contributed by atoms with Crippen LogP contribution in [0.15, 0.2) is 67.0 Å². The Bertz CT molecular complexity index is 1420. The smallest absolute Gasteiger partial charge is 0.223 e. The summed E-state index contributed by atoms with van der Waals surface area (Å²) in [5.41, 5.74) is 10.1. The molecule has 3 N–H and O–H groups in total. The molecule has 2 aliphatic rings. The SMILES string of the molecule is Nc1nccn2c(C3CCC(C(=O)NCC4CCCO4)CC3)nc(-c3cccc(OCc4ccccc4)c3)c12. The highest BCUT2D eigenvalue weighted by Gasteiger charge is 2.31. The van der Waals surface area contributed by atoms with Crippen molar-refractivity contribution in [3.05, 3.63) is 78.4 Å². The summed E-state index contributed by atoms with van der Waals surface area (Å²) in [6.07, 6.45) is 9.43. The van der Waals surface area contributed by atoms with Gasteiger partial charge in [0, 0.05) is 42.9 Å².